The van der Waals surface area contributed by atoms with Crippen molar-refractivity contribution in [2.75, 3.05) is 37.6 Å². The van der Waals surface area contributed by atoms with Crippen LogP contribution in [0.25, 0.3) is 11.1 Å². The molecule has 0 aliphatic carbocycles. The summed E-state index contributed by atoms with van der Waals surface area (Å²) < 4.78 is 11.4. The van der Waals surface area contributed by atoms with Crippen molar-refractivity contribution in [3.8, 4) is 11.1 Å². The summed E-state index contributed by atoms with van der Waals surface area (Å²) in [5.74, 6) is -0.646. The number of ether oxygens (including phenoxy) is 2. The molecule has 13 heteroatoms. The highest BCUT2D eigenvalue weighted by Crippen LogP contribution is 2.42. The highest BCUT2D eigenvalue weighted by Gasteiger charge is 2.39. The number of amides is 1. The lowest BCUT2D eigenvalue weighted by molar-refractivity contribution is -0.384. The van der Waals surface area contributed by atoms with E-state index in [2.05, 4.69) is 22.0 Å². The summed E-state index contributed by atoms with van der Waals surface area (Å²) in [6, 6.07) is 30.5. The molecule has 4 unspecified atom stereocenters. The van der Waals surface area contributed by atoms with E-state index in [0.717, 1.165) is 71.8 Å². The van der Waals surface area contributed by atoms with Gasteiger partial charge in [-0.1, -0.05) is 108 Å². The molecule has 2 aliphatic heterocycles. The highest BCUT2D eigenvalue weighted by molar-refractivity contribution is 6.76. The molecule has 2 aliphatic rings. The van der Waals surface area contributed by atoms with Gasteiger partial charge in [-0.2, -0.15) is 0 Å². The van der Waals surface area contributed by atoms with Gasteiger partial charge >= 0.3 is 0 Å². The van der Waals surface area contributed by atoms with Gasteiger partial charge in [0.2, 0.25) is 0 Å². The first-order valence-corrected chi connectivity index (χ1v) is 17.9. The van der Waals surface area contributed by atoms with E-state index in [0.29, 0.717) is 0 Å². The Morgan fingerprint density at radius 1 is 0.882 bits per heavy atom. The minimum absolute atomic E-state index is 0.0274. The molecule has 2 heterocycles. The van der Waals surface area contributed by atoms with Crippen LogP contribution in [0.5, 0.6) is 0 Å². The van der Waals surface area contributed by atoms with E-state index < -0.39 is 16.0 Å². The van der Waals surface area contributed by atoms with Gasteiger partial charge in [0.1, 0.15) is 0 Å². The van der Waals surface area contributed by atoms with Gasteiger partial charge in [-0.3, -0.25) is 19.8 Å². The van der Waals surface area contributed by atoms with Crippen molar-refractivity contribution in [3.05, 3.63) is 129 Å². The topological polar surface area (TPSA) is 117 Å². The zero-order valence-electron chi connectivity index (χ0n) is 28.0. The molecule has 0 spiro atoms. The van der Waals surface area contributed by atoms with Crippen molar-refractivity contribution in [2.45, 2.75) is 42.4 Å². The van der Waals surface area contributed by atoms with E-state index in [-0.39, 0.29) is 41.9 Å². The fourth-order valence-corrected chi connectivity index (χ4v) is 6.73. The van der Waals surface area contributed by atoms with Gasteiger partial charge in [-0.15, -0.1) is 0 Å². The number of piperazine rings is 1. The molecule has 4 aromatic rings. The molecule has 1 amide bonds. The van der Waals surface area contributed by atoms with Gasteiger partial charge in [0, 0.05) is 68.6 Å². The second-order valence-electron chi connectivity index (χ2n) is 12.9. The van der Waals surface area contributed by atoms with Crippen LogP contribution in [0, 0.1) is 16.0 Å². The number of benzene rings is 4. The quantitative estimate of drug-likeness (QED) is 0.0981. The number of aliphatic hydroxyl groups excluding tert-OH is 1. The lowest BCUT2D eigenvalue weighted by Gasteiger charge is -2.44. The summed E-state index contributed by atoms with van der Waals surface area (Å²) >= 11 is 17.1. The smallest absolute Gasteiger partial charge is 0.272 e. The van der Waals surface area contributed by atoms with Gasteiger partial charge in [0.05, 0.1) is 23.7 Å². The summed E-state index contributed by atoms with van der Waals surface area (Å²) in [5, 5.41) is 23.3. The first kappa shape index (κ1) is 37.0. The molecule has 6 rings (SSSR count). The van der Waals surface area contributed by atoms with Crippen LogP contribution in [0.15, 0.2) is 97.1 Å². The zero-order valence-corrected chi connectivity index (χ0v) is 30.2. The van der Waals surface area contributed by atoms with E-state index in [1.54, 1.807) is 12.1 Å². The Balaban J connectivity index is 1.16. The summed E-state index contributed by atoms with van der Waals surface area (Å²) in [5.41, 5.74) is 6.62. The molecule has 51 heavy (non-hydrogen) atoms. The summed E-state index contributed by atoms with van der Waals surface area (Å²) in [7, 11) is 0. The Morgan fingerprint density at radius 2 is 1.55 bits per heavy atom. The maximum atomic E-state index is 12.0. The number of hydrogen-bond acceptors (Lipinski definition) is 8. The normalized spacial score (nSPS) is 21.3. The predicted octanol–water partition coefficient (Wildman–Crippen LogP) is 7.35. The van der Waals surface area contributed by atoms with Crippen LogP contribution in [0.3, 0.4) is 0 Å². The van der Waals surface area contributed by atoms with Crippen LogP contribution in [-0.2, 0) is 27.4 Å². The molecule has 4 atom stereocenters. The number of carbonyl (C=O) groups is 1. The van der Waals surface area contributed by atoms with Crippen LogP contribution in [0.4, 0.5) is 11.4 Å². The van der Waals surface area contributed by atoms with E-state index >= 15 is 0 Å². The number of nitrogens with zero attached hydrogens (tertiary/aromatic N) is 3. The standard InChI is InChI=1S/C38H39Cl3N4O6/c1-25-34(23-43-17-19-44(20-18-43)32-13-15-33(16-14-32)45(48)49)50-36(51-35(25)29-7-5-26(24-46)6-8-29)30-11-9-28(10-12-30)31-4-2-3-27(21-31)22-42-37(47)38(39,40)41/h2-16,21,25,34-36,46H,17-20,22-24H2,1H3,(H,42,47). The second-order valence-corrected chi connectivity index (χ2v) is 15.2. The molecule has 4 aromatic carbocycles. The highest BCUT2D eigenvalue weighted by atomic mass is 35.6. The van der Waals surface area contributed by atoms with Crippen molar-refractivity contribution in [3.63, 3.8) is 0 Å². The van der Waals surface area contributed by atoms with Crippen molar-refractivity contribution < 1.29 is 24.3 Å². The lowest BCUT2D eigenvalue weighted by atomic mass is 9.89. The van der Waals surface area contributed by atoms with Crippen LogP contribution in [-0.4, -0.2) is 63.5 Å². The summed E-state index contributed by atoms with van der Waals surface area (Å²) in [4.78, 5) is 27.4. The van der Waals surface area contributed by atoms with Crippen molar-refractivity contribution >= 4 is 52.1 Å². The molecular weight excluding hydrogens is 715 g/mol. The average molecular weight is 754 g/mol. The average Bonchev–Trinajstić information content (AvgIpc) is 3.15. The number of nitrogens with one attached hydrogen (secondary N) is 1. The number of nitro groups is 1. The molecule has 0 saturated carbocycles. The van der Waals surface area contributed by atoms with Crippen LogP contribution in [0.2, 0.25) is 0 Å². The fraction of sp³-hybridized carbons (Fsp3) is 0.342. The monoisotopic (exact) mass is 752 g/mol. The van der Waals surface area contributed by atoms with E-state index in [9.17, 15) is 20.0 Å². The Bertz CT molecular complexity index is 1800. The van der Waals surface area contributed by atoms with E-state index in [1.807, 2.05) is 84.9 Å². The van der Waals surface area contributed by atoms with Gasteiger partial charge in [-0.05, 0) is 46.0 Å². The third-order valence-electron chi connectivity index (χ3n) is 9.51. The van der Waals surface area contributed by atoms with Crippen LogP contribution in [0.1, 0.15) is 41.6 Å². The number of alkyl halides is 3. The van der Waals surface area contributed by atoms with Gasteiger partial charge in [-0.25, -0.2) is 0 Å². The Morgan fingerprint density at radius 3 is 2.18 bits per heavy atom. The number of aliphatic hydroxyl groups is 1. The Kier molecular flexibility index (Phi) is 11.8. The molecule has 10 nitrogen and oxygen atoms in total. The minimum atomic E-state index is -2.03. The first-order valence-electron chi connectivity index (χ1n) is 16.7. The third-order valence-corrected chi connectivity index (χ3v) is 10.0. The summed E-state index contributed by atoms with van der Waals surface area (Å²) in [6.45, 7) is 6.32. The molecule has 0 aromatic heterocycles. The number of carbonyl (C=O) groups excluding carboxylic acids is 1. The SMILES string of the molecule is CC1C(CN2CCN(c3ccc([N+](=O)[O-])cc3)CC2)OC(c2ccc(-c3cccc(CNC(=O)C(Cl)(Cl)Cl)c3)cc2)OC1c1ccc(CO)cc1. The molecule has 2 fully saturated rings. The van der Waals surface area contributed by atoms with Crippen molar-refractivity contribution in [1.82, 2.24) is 10.2 Å². The van der Waals surface area contributed by atoms with Gasteiger partial charge < -0.3 is 24.8 Å². The van der Waals surface area contributed by atoms with Crippen LogP contribution >= 0.6 is 34.8 Å². The maximum Gasteiger partial charge on any atom is 0.272 e. The molecular formula is C38H39Cl3N4O6. The Hall–Kier alpha value is -3.74. The van der Waals surface area contributed by atoms with Gasteiger partial charge in [0.15, 0.2) is 6.29 Å². The summed E-state index contributed by atoms with van der Waals surface area (Å²) in [6.07, 6.45) is -0.966. The van der Waals surface area contributed by atoms with E-state index in [1.165, 1.54) is 0 Å². The minimum Gasteiger partial charge on any atom is -0.392 e. The number of nitro benzene ring substituents is 1. The lowest BCUT2D eigenvalue weighted by Crippen LogP contribution is -2.51. The largest absolute Gasteiger partial charge is 0.392 e. The number of non-ortho nitro benzene ring substituents is 1. The maximum absolute atomic E-state index is 12.0. The molecule has 268 valence electrons. The third kappa shape index (κ3) is 9.20. The molecule has 2 N–H and O–H groups in total. The van der Waals surface area contributed by atoms with Crippen molar-refractivity contribution in [2.24, 2.45) is 5.92 Å². The fourth-order valence-electron chi connectivity index (χ4n) is 6.53. The van der Waals surface area contributed by atoms with Crippen molar-refractivity contribution in [1.29, 1.82) is 0 Å². The number of anilines is 1. The number of rotatable bonds is 10. The van der Waals surface area contributed by atoms with Gasteiger partial charge in [0.25, 0.3) is 15.4 Å². The number of hydrogen-bond donors (Lipinski definition) is 2. The zero-order chi connectivity index (χ0) is 36.1. The van der Waals surface area contributed by atoms with E-state index in [4.69, 9.17) is 44.3 Å². The second kappa shape index (κ2) is 16.3. The molecule has 0 radical (unpaired) electrons. The molecule has 0 bridgehead atoms. The Labute approximate surface area is 312 Å². The van der Waals surface area contributed by atoms with Crippen LogP contribution < -0.4 is 10.2 Å². The number of halogens is 3. The first-order chi connectivity index (χ1) is 24.5. The molecule has 2 saturated heterocycles. The predicted molar refractivity (Wildman–Crippen MR) is 199 cm³/mol.